The molecule has 19 heavy (non-hydrogen) atoms. The summed E-state index contributed by atoms with van der Waals surface area (Å²) in [5, 5.41) is 6.22. The molecule has 1 aromatic rings. The molecule has 1 aliphatic rings. The number of carbonyl (C=O) groups is 1. The number of benzene rings is 1. The molecule has 104 valence electrons. The number of halogens is 1. The van der Waals surface area contributed by atoms with Gasteiger partial charge in [-0.25, -0.2) is 4.39 Å². The van der Waals surface area contributed by atoms with Crippen molar-refractivity contribution in [1.29, 1.82) is 0 Å². The first kappa shape index (κ1) is 14.0. The molecule has 1 heterocycles. The van der Waals surface area contributed by atoms with Gasteiger partial charge in [-0.3, -0.25) is 4.79 Å². The Morgan fingerprint density at radius 1 is 1.47 bits per heavy atom. The molecule has 0 bridgehead atoms. The van der Waals surface area contributed by atoms with Gasteiger partial charge in [0.15, 0.2) is 0 Å². The fourth-order valence-corrected chi connectivity index (χ4v) is 2.38. The normalized spacial score (nSPS) is 23.1. The lowest BCUT2D eigenvalue weighted by Gasteiger charge is -2.27. The van der Waals surface area contributed by atoms with E-state index in [1.54, 1.807) is 12.1 Å². The highest BCUT2D eigenvalue weighted by molar-refractivity contribution is 5.94. The third-order valence-electron chi connectivity index (χ3n) is 3.68. The fraction of sp³-hybridized carbons (Fsp3) is 0.533. The lowest BCUT2D eigenvalue weighted by molar-refractivity contribution is 0.0939. The molecule has 0 radical (unpaired) electrons. The Bertz CT molecular complexity index is 453. The first-order chi connectivity index (χ1) is 9.06. The molecule has 2 N–H and O–H groups in total. The van der Waals surface area contributed by atoms with Crippen molar-refractivity contribution >= 4 is 5.91 Å². The van der Waals surface area contributed by atoms with Crippen LogP contribution in [-0.2, 0) is 0 Å². The van der Waals surface area contributed by atoms with Crippen molar-refractivity contribution in [2.24, 2.45) is 5.92 Å². The van der Waals surface area contributed by atoms with Gasteiger partial charge in [-0.1, -0.05) is 11.6 Å². The van der Waals surface area contributed by atoms with Crippen LogP contribution < -0.4 is 10.6 Å². The third kappa shape index (κ3) is 3.77. The van der Waals surface area contributed by atoms with E-state index in [-0.39, 0.29) is 11.5 Å². The van der Waals surface area contributed by atoms with Crippen molar-refractivity contribution < 1.29 is 9.18 Å². The van der Waals surface area contributed by atoms with Crippen LogP contribution in [0.3, 0.4) is 0 Å². The van der Waals surface area contributed by atoms with Crippen LogP contribution in [0.25, 0.3) is 0 Å². The molecule has 2 atom stereocenters. The quantitative estimate of drug-likeness (QED) is 0.879. The van der Waals surface area contributed by atoms with Gasteiger partial charge in [0.2, 0.25) is 0 Å². The molecule has 1 aliphatic heterocycles. The standard InChI is InChI=1S/C15H21FN2O/c1-10-3-6-14(16)13(7-10)15(19)18-9-12-5-4-11(2)17-8-12/h3,6-7,11-12,17H,4-5,8-9H2,1-2H3,(H,18,19). The maximum absolute atomic E-state index is 13.6. The predicted octanol–water partition coefficient (Wildman–Crippen LogP) is 2.25. The van der Waals surface area contributed by atoms with Crippen LogP contribution in [0, 0.1) is 18.7 Å². The van der Waals surface area contributed by atoms with Gasteiger partial charge in [0.05, 0.1) is 5.56 Å². The van der Waals surface area contributed by atoms with Crippen molar-refractivity contribution in [3.05, 3.63) is 35.1 Å². The molecular weight excluding hydrogens is 243 g/mol. The molecule has 0 aliphatic carbocycles. The molecule has 1 fully saturated rings. The molecule has 1 aromatic carbocycles. The highest BCUT2D eigenvalue weighted by Crippen LogP contribution is 2.14. The zero-order valence-electron chi connectivity index (χ0n) is 11.5. The second kappa shape index (κ2) is 6.15. The van der Waals surface area contributed by atoms with Crippen molar-refractivity contribution in [1.82, 2.24) is 10.6 Å². The number of amides is 1. The van der Waals surface area contributed by atoms with E-state index in [1.807, 2.05) is 6.92 Å². The summed E-state index contributed by atoms with van der Waals surface area (Å²) < 4.78 is 13.6. The molecule has 0 saturated carbocycles. The lowest BCUT2D eigenvalue weighted by atomic mass is 9.95. The Hall–Kier alpha value is -1.42. The summed E-state index contributed by atoms with van der Waals surface area (Å²) >= 11 is 0. The summed E-state index contributed by atoms with van der Waals surface area (Å²) in [7, 11) is 0. The average Bonchev–Trinajstić information content (AvgIpc) is 2.40. The van der Waals surface area contributed by atoms with Gasteiger partial charge in [0.1, 0.15) is 5.82 Å². The van der Waals surface area contributed by atoms with Crippen LogP contribution >= 0.6 is 0 Å². The highest BCUT2D eigenvalue weighted by atomic mass is 19.1. The molecule has 3 nitrogen and oxygen atoms in total. The number of nitrogens with one attached hydrogen (secondary N) is 2. The van der Waals surface area contributed by atoms with Crippen LogP contribution in [-0.4, -0.2) is 25.0 Å². The van der Waals surface area contributed by atoms with Gasteiger partial charge in [-0.05, 0) is 51.3 Å². The predicted molar refractivity (Wildman–Crippen MR) is 73.7 cm³/mol. The van der Waals surface area contributed by atoms with Crippen molar-refractivity contribution in [2.75, 3.05) is 13.1 Å². The van der Waals surface area contributed by atoms with Crippen molar-refractivity contribution in [2.45, 2.75) is 32.7 Å². The van der Waals surface area contributed by atoms with Crippen molar-refractivity contribution in [3.8, 4) is 0 Å². The van der Waals surface area contributed by atoms with Crippen LogP contribution in [0.2, 0.25) is 0 Å². The molecular formula is C15H21FN2O. The van der Waals surface area contributed by atoms with Crippen LogP contribution in [0.1, 0.15) is 35.7 Å². The molecule has 1 amide bonds. The maximum atomic E-state index is 13.6. The summed E-state index contributed by atoms with van der Waals surface area (Å²) in [5.74, 6) is -0.341. The van der Waals surface area contributed by atoms with Crippen molar-refractivity contribution in [3.63, 3.8) is 0 Å². The summed E-state index contributed by atoms with van der Waals surface area (Å²) in [6.45, 7) is 5.53. The number of aryl methyl sites for hydroxylation is 1. The van der Waals surface area contributed by atoms with E-state index in [2.05, 4.69) is 17.6 Å². The lowest BCUT2D eigenvalue weighted by Crippen LogP contribution is -2.42. The zero-order chi connectivity index (χ0) is 13.8. The first-order valence-electron chi connectivity index (χ1n) is 6.84. The van der Waals surface area contributed by atoms with Crippen LogP contribution in [0.4, 0.5) is 4.39 Å². The Morgan fingerprint density at radius 2 is 2.26 bits per heavy atom. The average molecular weight is 264 g/mol. The zero-order valence-corrected chi connectivity index (χ0v) is 11.5. The molecule has 2 rings (SSSR count). The topological polar surface area (TPSA) is 41.1 Å². The Labute approximate surface area is 113 Å². The van der Waals surface area contributed by atoms with Gasteiger partial charge in [-0.15, -0.1) is 0 Å². The van der Waals surface area contributed by atoms with E-state index in [0.717, 1.165) is 24.9 Å². The summed E-state index contributed by atoms with van der Waals surface area (Å²) in [5.41, 5.74) is 1.02. The first-order valence-corrected chi connectivity index (χ1v) is 6.84. The summed E-state index contributed by atoms with van der Waals surface area (Å²) in [6, 6.07) is 5.15. The van der Waals surface area contributed by atoms with E-state index in [0.29, 0.717) is 18.5 Å². The Kier molecular flexibility index (Phi) is 4.53. The smallest absolute Gasteiger partial charge is 0.254 e. The summed E-state index contributed by atoms with van der Waals surface area (Å²) in [6.07, 6.45) is 2.23. The Balaban J connectivity index is 1.89. The maximum Gasteiger partial charge on any atom is 0.254 e. The van der Waals surface area contributed by atoms with E-state index in [1.165, 1.54) is 6.07 Å². The molecule has 0 aromatic heterocycles. The Morgan fingerprint density at radius 3 is 2.95 bits per heavy atom. The SMILES string of the molecule is Cc1ccc(F)c(C(=O)NCC2CCC(C)NC2)c1. The molecule has 1 saturated heterocycles. The molecule has 0 spiro atoms. The van der Waals surface area contributed by atoms with E-state index in [9.17, 15) is 9.18 Å². The van der Waals surface area contributed by atoms with E-state index < -0.39 is 5.82 Å². The monoisotopic (exact) mass is 264 g/mol. The van der Waals surface area contributed by atoms with Gasteiger partial charge in [0.25, 0.3) is 5.91 Å². The fourth-order valence-electron chi connectivity index (χ4n) is 2.38. The minimum Gasteiger partial charge on any atom is -0.352 e. The third-order valence-corrected chi connectivity index (χ3v) is 3.68. The molecule has 2 unspecified atom stereocenters. The number of rotatable bonds is 3. The highest BCUT2D eigenvalue weighted by Gasteiger charge is 2.19. The minimum absolute atomic E-state index is 0.136. The number of hydrogen-bond donors (Lipinski definition) is 2. The summed E-state index contributed by atoms with van der Waals surface area (Å²) in [4.78, 5) is 12.0. The van der Waals surface area contributed by atoms with Gasteiger partial charge < -0.3 is 10.6 Å². The van der Waals surface area contributed by atoms with Gasteiger partial charge in [0, 0.05) is 12.6 Å². The van der Waals surface area contributed by atoms with Crippen LogP contribution in [0.5, 0.6) is 0 Å². The second-order valence-corrected chi connectivity index (χ2v) is 5.45. The van der Waals surface area contributed by atoms with Gasteiger partial charge in [-0.2, -0.15) is 0 Å². The number of piperidine rings is 1. The number of carbonyl (C=O) groups excluding carboxylic acids is 1. The van der Waals surface area contributed by atoms with Crippen LogP contribution in [0.15, 0.2) is 18.2 Å². The minimum atomic E-state index is -0.460. The van der Waals surface area contributed by atoms with E-state index in [4.69, 9.17) is 0 Å². The van der Waals surface area contributed by atoms with Gasteiger partial charge >= 0.3 is 0 Å². The largest absolute Gasteiger partial charge is 0.352 e. The van der Waals surface area contributed by atoms with E-state index >= 15 is 0 Å². The second-order valence-electron chi connectivity index (χ2n) is 5.45. The number of hydrogen-bond acceptors (Lipinski definition) is 2. The molecule has 4 heteroatoms.